The molecular formula is C15H16ClN3O3. The fourth-order valence-corrected chi connectivity index (χ4v) is 2.24. The van der Waals surface area contributed by atoms with Crippen molar-refractivity contribution in [2.24, 2.45) is 0 Å². The minimum atomic E-state index is -0.559. The van der Waals surface area contributed by atoms with Gasteiger partial charge >= 0.3 is 5.97 Å². The summed E-state index contributed by atoms with van der Waals surface area (Å²) in [6, 6.07) is 6.87. The van der Waals surface area contributed by atoms with Gasteiger partial charge in [0.15, 0.2) is 5.69 Å². The van der Waals surface area contributed by atoms with E-state index in [1.54, 1.807) is 19.1 Å². The minimum Gasteiger partial charge on any atom is -0.461 e. The zero-order chi connectivity index (χ0) is 16.3. The number of halogens is 1. The standard InChI is InChI=1S/C15H16ClN3O3/c1-4-22-15(21)12-8-14(17-10(3)20)19(18-12)13-6-5-9(2)7-11(13)16/h5-8H,4H2,1-3H3,(H,17,20). The summed E-state index contributed by atoms with van der Waals surface area (Å²) >= 11 is 6.23. The van der Waals surface area contributed by atoms with Crippen LogP contribution in [0.4, 0.5) is 5.82 Å². The van der Waals surface area contributed by atoms with Crippen LogP contribution in [-0.4, -0.2) is 28.3 Å². The SMILES string of the molecule is CCOC(=O)c1cc(NC(C)=O)n(-c2ccc(C)cc2Cl)n1. The van der Waals surface area contributed by atoms with E-state index in [0.29, 0.717) is 16.5 Å². The molecule has 0 aliphatic carbocycles. The Morgan fingerprint density at radius 3 is 2.68 bits per heavy atom. The highest BCUT2D eigenvalue weighted by Gasteiger charge is 2.18. The highest BCUT2D eigenvalue weighted by atomic mass is 35.5. The summed E-state index contributed by atoms with van der Waals surface area (Å²) in [6.45, 7) is 5.24. The van der Waals surface area contributed by atoms with E-state index in [9.17, 15) is 9.59 Å². The van der Waals surface area contributed by atoms with E-state index < -0.39 is 5.97 Å². The van der Waals surface area contributed by atoms with Gasteiger partial charge in [-0.25, -0.2) is 9.48 Å². The molecule has 6 nitrogen and oxygen atoms in total. The topological polar surface area (TPSA) is 73.2 Å². The highest BCUT2D eigenvalue weighted by molar-refractivity contribution is 6.32. The Balaban J connectivity index is 2.52. The van der Waals surface area contributed by atoms with E-state index in [-0.39, 0.29) is 18.2 Å². The van der Waals surface area contributed by atoms with Gasteiger partial charge < -0.3 is 10.1 Å². The Labute approximate surface area is 133 Å². The molecule has 0 saturated heterocycles. The fraction of sp³-hybridized carbons (Fsp3) is 0.267. The van der Waals surface area contributed by atoms with Gasteiger partial charge in [-0.1, -0.05) is 17.7 Å². The molecule has 0 radical (unpaired) electrons. The van der Waals surface area contributed by atoms with Gasteiger partial charge in [0.2, 0.25) is 5.91 Å². The number of carbonyl (C=O) groups excluding carboxylic acids is 2. The van der Waals surface area contributed by atoms with E-state index in [1.165, 1.54) is 17.7 Å². The van der Waals surface area contributed by atoms with Crippen LogP contribution in [0.25, 0.3) is 5.69 Å². The van der Waals surface area contributed by atoms with Gasteiger partial charge in [-0.15, -0.1) is 0 Å². The Kier molecular flexibility index (Phi) is 4.82. The number of hydrogen-bond donors (Lipinski definition) is 1. The summed E-state index contributed by atoms with van der Waals surface area (Å²) in [4.78, 5) is 23.2. The van der Waals surface area contributed by atoms with Crippen LogP contribution >= 0.6 is 11.6 Å². The maximum atomic E-state index is 11.8. The van der Waals surface area contributed by atoms with Crippen LogP contribution in [0.5, 0.6) is 0 Å². The minimum absolute atomic E-state index is 0.0993. The van der Waals surface area contributed by atoms with E-state index >= 15 is 0 Å². The van der Waals surface area contributed by atoms with Crippen molar-refractivity contribution in [2.75, 3.05) is 11.9 Å². The van der Waals surface area contributed by atoms with Crippen molar-refractivity contribution in [1.82, 2.24) is 9.78 Å². The van der Waals surface area contributed by atoms with Crippen molar-refractivity contribution >= 4 is 29.3 Å². The number of ether oxygens (including phenoxy) is 1. The zero-order valence-electron chi connectivity index (χ0n) is 12.5. The Hall–Kier alpha value is -2.34. The monoisotopic (exact) mass is 321 g/mol. The van der Waals surface area contributed by atoms with Gasteiger partial charge in [0.1, 0.15) is 5.82 Å². The normalized spacial score (nSPS) is 10.4. The smallest absolute Gasteiger partial charge is 0.358 e. The summed E-state index contributed by atoms with van der Waals surface area (Å²) in [5.74, 6) is -0.489. The molecule has 0 aliphatic heterocycles. The molecule has 7 heteroatoms. The molecule has 0 bridgehead atoms. The quantitative estimate of drug-likeness (QED) is 0.879. The first-order valence-corrected chi connectivity index (χ1v) is 7.11. The molecule has 2 aromatic rings. The molecule has 0 spiro atoms. The molecule has 22 heavy (non-hydrogen) atoms. The van der Waals surface area contributed by atoms with Crippen LogP contribution in [0, 0.1) is 6.92 Å². The lowest BCUT2D eigenvalue weighted by molar-refractivity contribution is -0.114. The average Bonchev–Trinajstić information content (AvgIpc) is 2.82. The van der Waals surface area contributed by atoms with Gasteiger partial charge in [-0.3, -0.25) is 4.79 Å². The Morgan fingerprint density at radius 1 is 1.36 bits per heavy atom. The summed E-state index contributed by atoms with van der Waals surface area (Å²) in [5.41, 5.74) is 1.65. The molecule has 0 fully saturated rings. The number of aromatic nitrogens is 2. The van der Waals surface area contributed by atoms with E-state index in [1.807, 2.05) is 13.0 Å². The number of anilines is 1. The van der Waals surface area contributed by atoms with Crippen LogP contribution in [-0.2, 0) is 9.53 Å². The number of carbonyl (C=O) groups is 2. The molecule has 1 aromatic carbocycles. The summed E-state index contributed by atoms with van der Waals surface area (Å²) in [7, 11) is 0. The number of nitrogens with one attached hydrogen (secondary N) is 1. The third kappa shape index (κ3) is 3.46. The molecule has 116 valence electrons. The number of benzene rings is 1. The maximum Gasteiger partial charge on any atom is 0.358 e. The first kappa shape index (κ1) is 16.0. The lowest BCUT2D eigenvalue weighted by Gasteiger charge is -2.09. The van der Waals surface area contributed by atoms with Crippen LogP contribution in [0.2, 0.25) is 5.02 Å². The molecule has 1 N–H and O–H groups in total. The number of nitrogens with zero attached hydrogens (tertiary/aromatic N) is 2. The van der Waals surface area contributed by atoms with Crippen LogP contribution in [0.1, 0.15) is 29.9 Å². The van der Waals surface area contributed by atoms with Crippen molar-refractivity contribution in [1.29, 1.82) is 0 Å². The highest BCUT2D eigenvalue weighted by Crippen LogP contribution is 2.25. The molecule has 0 aliphatic rings. The van der Waals surface area contributed by atoms with Crippen molar-refractivity contribution in [3.8, 4) is 5.69 Å². The van der Waals surface area contributed by atoms with Gasteiger partial charge in [-0.2, -0.15) is 5.10 Å². The summed E-state index contributed by atoms with van der Waals surface area (Å²) in [5, 5.41) is 7.27. The summed E-state index contributed by atoms with van der Waals surface area (Å²) in [6.07, 6.45) is 0. The Bertz CT molecular complexity index is 725. The lowest BCUT2D eigenvalue weighted by Crippen LogP contribution is -2.11. The molecule has 0 saturated carbocycles. The van der Waals surface area contributed by atoms with E-state index in [0.717, 1.165) is 5.56 Å². The van der Waals surface area contributed by atoms with E-state index in [4.69, 9.17) is 16.3 Å². The van der Waals surface area contributed by atoms with Crippen LogP contribution < -0.4 is 5.32 Å². The number of hydrogen-bond acceptors (Lipinski definition) is 4. The first-order chi connectivity index (χ1) is 10.4. The molecule has 0 atom stereocenters. The van der Waals surface area contributed by atoms with Gasteiger partial charge in [0.25, 0.3) is 0 Å². The second kappa shape index (κ2) is 6.62. The van der Waals surface area contributed by atoms with Crippen LogP contribution in [0.3, 0.4) is 0 Å². The molecule has 1 heterocycles. The third-order valence-electron chi connectivity index (χ3n) is 2.83. The number of amides is 1. The molecule has 0 unspecified atom stereocenters. The van der Waals surface area contributed by atoms with Crippen molar-refractivity contribution in [3.05, 3.63) is 40.5 Å². The molecule has 1 amide bonds. The van der Waals surface area contributed by atoms with Gasteiger partial charge in [-0.05, 0) is 31.5 Å². The number of esters is 1. The first-order valence-electron chi connectivity index (χ1n) is 6.73. The molecule has 1 aromatic heterocycles. The lowest BCUT2D eigenvalue weighted by atomic mass is 10.2. The largest absolute Gasteiger partial charge is 0.461 e. The summed E-state index contributed by atoms with van der Waals surface area (Å²) < 4.78 is 6.34. The zero-order valence-corrected chi connectivity index (χ0v) is 13.3. The average molecular weight is 322 g/mol. The van der Waals surface area contributed by atoms with Crippen LogP contribution in [0.15, 0.2) is 24.3 Å². The molecule has 2 rings (SSSR count). The second-order valence-corrected chi connectivity index (χ2v) is 5.09. The fourth-order valence-electron chi connectivity index (χ4n) is 1.92. The predicted octanol–water partition coefficient (Wildman–Crippen LogP) is 2.97. The maximum absolute atomic E-state index is 11.8. The third-order valence-corrected chi connectivity index (χ3v) is 3.13. The van der Waals surface area contributed by atoms with Gasteiger partial charge in [0, 0.05) is 13.0 Å². The van der Waals surface area contributed by atoms with Crippen molar-refractivity contribution < 1.29 is 14.3 Å². The Morgan fingerprint density at radius 2 is 2.09 bits per heavy atom. The van der Waals surface area contributed by atoms with Crippen molar-refractivity contribution in [2.45, 2.75) is 20.8 Å². The second-order valence-electron chi connectivity index (χ2n) is 4.68. The number of rotatable bonds is 4. The predicted molar refractivity (Wildman–Crippen MR) is 83.6 cm³/mol. The van der Waals surface area contributed by atoms with Gasteiger partial charge in [0.05, 0.1) is 17.3 Å². The van der Waals surface area contributed by atoms with E-state index in [2.05, 4.69) is 10.4 Å². The number of aryl methyl sites for hydroxylation is 1. The molecular weight excluding hydrogens is 306 g/mol. The van der Waals surface area contributed by atoms with Crippen molar-refractivity contribution in [3.63, 3.8) is 0 Å².